The van der Waals surface area contributed by atoms with Crippen LogP contribution in [0.5, 0.6) is 0 Å². The van der Waals surface area contributed by atoms with Crippen molar-refractivity contribution in [2.24, 2.45) is 7.05 Å². The van der Waals surface area contributed by atoms with Gasteiger partial charge < -0.3 is 10.6 Å². The fourth-order valence-electron chi connectivity index (χ4n) is 2.03. The lowest BCUT2D eigenvalue weighted by atomic mass is 10.3. The summed E-state index contributed by atoms with van der Waals surface area (Å²) in [6.45, 7) is 1.99. The molecule has 0 spiro atoms. The highest BCUT2D eigenvalue weighted by Gasteiger charge is 2.28. The topological polar surface area (TPSA) is 137 Å². The smallest absolute Gasteiger partial charge is 0.320 e. The van der Waals surface area contributed by atoms with Gasteiger partial charge in [-0.2, -0.15) is 10.2 Å². The number of aryl methyl sites for hydroxylation is 2. The molecule has 0 aromatic carbocycles. The first kappa shape index (κ1) is 16.1. The van der Waals surface area contributed by atoms with Gasteiger partial charge in [0.1, 0.15) is 6.20 Å². The predicted octanol–water partition coefficient (Wildman–Crippen LogP) is 0.157. The predicted molar refractivity (Wildman–Crippen MR) is 79.1 cm³/mol. The minimum Gasteiger partial charge on any atom is -0.354 e. The summed E-state index contributed by atoms with van der Waals surface area (Å²) in [6.07, 6.45) is 2.45. The lowest BCUT2D eigenvalue weighted by Gasteiger charge is -2.06. The largest absolute Gasteiger partial charge is 0.354 e. The standard InChI is InChI=1S/C12H15N7O4/c1-4-18-10(8(5-14-18)19(22)23)12(21)15-7-6-17(3)16-9(7)11(20)13-2/h5-6H,4H2,1-3H3,(H,13,20)(H,15,21). The normalized spacial score (nSPS) is 10.4. The fourth-order valence-corrected chi connectivity index (χ4v) is 2.03. The maximum atomic E-state index is 12.4. The highest BCUT2D eigenvalue weighted by atomic mass is 16.6. The molecule has 0 saturated heterocycles. The lowest BCUT2D eigenvalue weighted by Crippen LogP contribution is -2.23. The van der Waals surface area contributed by atoms with Crippen LogP contribution in [0.3, 0.4) is 0 Å². The molecule has 0 aliphatic carbocycles. The number of nitrogens with one attached hydrogen (secondary N) is 2. The Balaban J connectivity index is 2.39. The van der Waals surface area contributed by atoms with Crippen LogP contribution in [-0.4, -0.2) is 43.3 Å². The Labute approximate surface area is 130 Å². The van der Waals surface area contributed by atoms with Gasteiger partial charge >= 0.3 is 5.69 Å². The monoisotopic (exact) mass is 321 g/mol. The summed E-state index contributed by atoms with van der Waals surface area (Å²) in [5.74, 6) is -1.23. The molecule has 11 nitrogen and oxygen atoms in total. The van der Waals surface area contributed by atoms with Gasteiger partial charge in [-0.05, 0) is 6.92 Å². The second-order valence-corrected chi connectivity index (χ2v) is 4.55. The van der Waals surface area contributed by atoms with E-state index in [1.807, 2.05) is 0 Å². The molecule has 0 unspecified atom stereocenters. The molecule has 2 N–H and O–H groups in total. The van der Waals surface area contributed by atoms with Gasteiger partial charge in [0.05, 0.1) is 10.6 Å². The third-order valence-electron chi connectivity index (χ3n) is 3.05. The number of hydrogen-bond acceptors (Lipinski definition) is 6. The number of carbonyl (C=O) groups excluding carboxylic acids is 2. The molecule has 2 amide bonds. The summed E-state index contributed by atoms with van der Waals surface area (Å²) in [4.78, 5) is 34.5. The summed E-state index contributed by atoms with van der Waals surface area (Å²) >= 11 is 0. The van der Waals surface area contributed by atoms with E-state index in [1.165, 1.54) is 22.6 Å². The second kappa shape index (κ2) is 6.25. The molecule has 2 heterocycles. The molecule has 0 aliphatic heterocycles. The van der Waals surface area contributed by atoms with E-state index in [2.05, 4.69) is 20.8 Å². The number of rotatable bonds is 5. The molecular weight excluding hydrogens is 306 g/mol. The summed E-state index contributed by atoms with van der Waals surface area (Å²) < 4.78 is 2.56. The van der Waals surface area contributed by atoms with Crippen LogP contribution in [0.1, 0.15) is 27.9 Å². The zero-order chi connectivity index (χ0) is 17.1. The van der Waals surface area contributed by atoms with Crippen molar-refractivity contribution in [3.8, 4) is 0 Å². The Bertz CT molecular complexity index is 776. The molecule has 0 bridgehead atoms. The minimum absolute atomic E-state index is 0.00793. The van der Waals surface area contributed by atoms with Crippen LogP contribution < -0.4 is 10.6 Å². The van der Waals surface area contributed by atoms with Crippen molar-refractivity contribution in [3.05, 3.63) is 33.9 Å². The molecule has 0 radical (unpaired) electrons. The van der Waals surface area contributed by atoms with Gasteiger partial charge in [0.2, 0.25) is 5.69 Å². The van der Waals surface area contributed by atoms with Crippen LogP contribution in [0.4, 0.5) is 11.4 Å². The maximum absolute atomic E-state index is 12.4. The third-order valence-corrected chi connectivity index (χ3v) is 3.05. The SMILES string of the molecule is CCn1ncc([N+](=O)[O-])c1C(=O)Nc1cn(C)nc1C(=O)NC. The molecule has 0 atom stereocenters. The van der Waals surface area contributed by atoms with Gasteiger partial charge in [-0.1, -0.05) is 0 Å². The fraction of sp³-hybridized carbons (Fsp3) is 0.333. The number of hydrogen-bond donors (Lipinski definition) is 2. The van der Waals surface area contributed by atoms with Crippen molar-refractivity contribution >= 4 is 23.2 Å². The Morgan fingerprint density at radius 3 is 2.65 bits per heavy atom. The van der Waals surface area contributed by atoms with Gasteiger partial charge in [-0.25, -0.2) is 0 Å². The van der Waals surface area contributed by atoms with Gasteiger partial charge in [0.25, 0.3) is 11.8 Å². The summed E-state index contributed by atoms with van der Waals surface area (Å²) in [7, 11) is 3.01. The van der Waals surface area contributed by atoms with Crippen LogP contribution in [-0.2, 0) is 13.6 Å². The number of amides is 2. The van der Waals surface area contributed by atoms with E-state index in [9.17, 15) is 19.7 Å². The van der Waals surface area contributed by atoms with Crippen LogP contribution in [0.2, 0.25) is 0 Å². The van der Waals surface area contributed by atoms with Crippen LogP contribution in [0.25, 0.3) is 0 Å². The van der Waals surface area contributed by atoms with Crippen molar-refractivity contribution in [2.45, 2.75) is 13.5 Å². The molecule has 11 heteroatoms. The number of nitro groups is 1. The highest BCUT2D eigenvalue weighted by molar-refractivity contribution is 6.09. The summed E-state index contributed by atoms with van der Waals surface area (Å²) in [5, 5.41) is 23.7. The molecule has 2 aromatic rings. The van der Waals surface area contributed by atoms with Crippen molar-refractivity contribution < 1.29 is 14.5 Å². The first-order valence-corrected chi connectivity index (χ1v) is 6.66. The Morgan fingerprint density at radius 2 is 2.09 bits per heavy atom. The molecular formula is C12H15N7O4. The molecule has 2 rings (SSSR count). The van der Waals surface area contributed by atoms with E-state index < -0.39 is 22.4 Å². The van der Waals surface area contributed by atoms with E-state index in [1.54, 1.807) is 14.0 Å². The van der Waals surface area contributed by atoms with Crippen molar-refractivity contribution in [1.82, 2.24) is 24.9 Å². The molecule has 2 aromatic heterocycles. The zero-order valence-electron chi connectivity index (χ0n) is 12.7. The van der Waals surface area contributed by atoms with Gasteiger partial charge in [0.15, 0.2) is 5.69 Å². The molecule has 0 fully saturated rings. The molecule has 23 heavy (non-hydrogen) atoms. The molecule has 0 aliphatic rings. The van der Waals surface area contributed by atoms with E-state index in [-0.39, 0.29) is 23.6 Å². The Hall–Kier alpha value is -3.24. The van der Waals surface area contributed by atoms with Crippen molar-refractivity contribution in [1.29, 1.82) is 0 Å². The number of aromatic nitrogens is 4. The van der Waals surface area contributed by atoms with E-state index in [0.29, 0.717) is 0 Å². The maximum Gasteiger partial charge on any atom is 0.320 e. The van der Waals surface area contributed by atoms with Crippen LogP contribution in [0.15, 0.2) is 12.4 Å². The first-order chi connectivity index (χ1) is 10.9. The summed E-state index contributed by atoms with van der Waals surface area (Å²) in [6, 6.07) is 0. The quantitative estimate of drug-likeness (QED) is 0.594. The second-order valence-electron chi connectivity index (χ2n) is 4.55. The Kier molecular flexibility index (Phi) is 4.39. The zero-order valence-corrected chi connectivity index (χ0v) is 12.7. The van der Waals surface area contributed by atoms with Gasteiger partial charge in [-0.15, -0.1) is 0 Å². The average Bonchev–Trinajstić information content (AvgIpc) is 3.09. The van der Waals surface area contributed by atoms with Gasteiger partial charge in [-0.3, -0.25) is 29.1 Å². The molecule has 0 saturated carbocycles. The minimum atomic E-state index is -0.741. The van der Waals surface area contributed by atoms with Crippen LogP contribution >= 0.6 is 0 Å². The van der Waals surface area contributed by atoms with Gasteiger partial charge in [0, 0.05) is 26.8 Å². The van der Waals surface area contributed by atoms with E-state index in [4.69, 9.17) is 0 Å². The van der Waals surface area contributed by atoms with E-state index >= 15 is 0 Å². The van der Waals surface area contributed by atoms with E-state index in [0.717, 1.165) is 6.20 Å². The number of nitrogens with zero attached hydrogens (tertiary/aromatic N) is 5. The third kappa shape index (κ3) is 3.02. The summed E-state index contributed by atoms with van der Waals surface area (Å²) in [5.41, 5.74) is -0.442. The van der Waals surface area contributed by atoms with Crippen LogP contribution in [0, 0.1) is 10.1 Å². The molecule has 122 valence electrons. The number of carbonyl (C=O) groups is 2. The number of anilines is 1. The Morgan fingerprint density at radius 1 is 1.39 bits per heavy atom. The lowest BCUT2D eigenvalue weighted by molar-refractivity contribution is -0.385. The highest BCUT2D eigenvalue weighted by Crippen LogP contribution is 2.21. The average molecular weight is 321 g/mol. The van der Waals surface area contributed by atoms with Crippen molar-refractivity contribution in [2.75, 3.05) is 12.4 Å². The first-order valence-electron chi connectivity index (χ1n) is 6.66. The van der Waals surface area contributed by atoms with Crippen molar-refractivity contribution in [3.63, 3.8) is 0 Å².